The van der Waals surface area contributed by atoms with Crippen LogP contribution in [0.25, 0.3) is 0 Å². The van der Waals surface area contributed by atoms with E-state index >= 15 is 0 Å². The van der Waals surface area contributed by atoms with Gasteiger partial charge in [0.05, 0.1) is 0 Å². The van der Waals surface area contributed by atoms with Crippen molar-refractivity contribution >= 4 is 17.6 Å². The molecule has 0 unspecified atom stereocenters. The Labute approximate surface area is 148 Å². The molecule has 4 heteroatoms. The average Bonchev–Trinajstić information content (AvgIpc) is 3.14. The molecular weight excluding hydrogens is 314 g/mol. The summed E-state index contributed by atoms with van der Waals surface area (Å²) in [6, 6.07) is 16.5. The highest BCUT2D eigenvalue weighted by Crippen LogP contribution is 2.27. The molecule has 0 aliphatic heterocycles. The molecule has 3 rings (SSSR count). The predicted molar refractivity (Wildman–Crippen MR) is 97.2 cm³/mol. The number of nitrogens with one attached hydrogen (secondary N) is 1. The molecule has 0 heterocycles. The lowest BCUT2D eigenvalue weighted by Crippen LogP contribution is -2.12. The highest BCUT2D eigenvalue weighted by atomic mass is 16.5. The number of amides is 1. The van der Waals surface area contributed by atoms with Crippen LogP contribution >= 0.6 is 0 Å². The SMILES string of the molecule is O=C(CC1CCCC1)OCc1ccc(C(=O)Nc2ccccc2)cc1. The molecule has 4 nitrogen and oxygen atoms in total. The van der Waals surface area contributed by atoms with Crippen molar-refractivity contribution in [1.82, 2.24) is 0 Å². The van der Waals surface area contributed by atoms with Crippen LogP contribution in [0.4, 0.5) is 5.69 Å². The van der Waals surface area contributed by atoms with Gasteiger partial charge in [-0.25, -0.2) is 0 Å². The standard InChI is InChI=1S/C21H23NO3/c23-20(14-16-6-4-5-7-16)25-15-17-10-12-18(13-11-17)21(24)22-19-8-2-1-3-9-19/h1-3,8-13,16H,4-7,14-15H2,(H,22,24). The summed E-state index contributed by atoms with van der Waals surface area (Å²) in [5.41, 5.74) is 2.22. The Kier molecular flexibility index (Phi) is 5.83. The van der Waals surface area contributed by atoms with Crippen LogP contribution in [0.2, 0.25) is 0 Å². The van der Waals surface area contributed by atoms with Gasteiger partial charge in [0.2, 0.25) is 0 Å². The molecule has 0 atom stereocenters. The summed E-state index contributed by atoms with van der Waals surface area (Å²) in [5.74, 6) is 0.213. The van der Waals surface area contributed by atoms with Crippen molar-refractivity contribution in [2.75, 3.05) is 5.32 Å². The fourth-order valence-electron chi connectivity index (χ4n) is 3.15. The van der Waals surface area contributed by atoms with E-state index in [1.807, 2.05) is 42.5 Å². The quantitative estimate of drug-likeness (QED) is 0.786. The van der Waals surface area contributed by atoms with E-state index in [1.165, 1.54) is 12.8 Å². The van der Waals surface area contributed by atoms with E-state index < -0.39 is 0 Å². The van der Waals surface area contributed by atoms with Crippen molar-refractivity contribution in [2.24, 2.45) is 5.92 Å². The van der Waals surface area contributed by atoms with Crippen LogP contribution in [0, 0.1) is 5.92 Å². The summed E-state index contributed by atoms with van der Waals surface area (Å²) in [6.45, 7) is 0.256. The van der Waals surface area contributed by atoms with E-state index in [4.69, 9.17) is 4.74 Å². The number of anilines is 1. The van der Waals surface area contributed by atoms with E-state index in [1.54, 1.807) is 12.1 Å². The van der Waals surface area contributed by atoms with Gasteiger partial charge in [-0.05, 0) is 48.6 Å². The van der Waals surface area contributed by atoms with Gasteiger partial charge in [-0.1, -0.05) is 43.2 Å². The zero-order valence-corrected chi connectivity index (χ0v) is 14.2. The fourth-order valence-corrected chi connectivity index (χ4v) is 3.15. The predicted octanol–water partition coefficient (Wildman–Crippen LogP) is 4.56. The molecule has 0 saturated heterocycles. The number of benzene rings is 2. The number of esters is 1. The van der Waals surface area contributed by atoms with Crippen molar-refractivity contribution in [3.8, 4) is 0 Å². The summed E-state index contributed by atoms with van der Waals surface area (Å²) >= 11 is 0. The lowest BCUT2D eigenvalue weighted by Gasteiger charge is -2.09. The van der Waals surface area contributed by atoms with Crippen LogP contribution < -0.4 is 5.32 Å². The Hall–Kier alpha value is -2.62. The van der Waals surface area contributed by atoms with Gasteiger partial charge in [0, 0.05) is 17.7 Å². The third kappa shape index (κ3) is 5.18. The number of hydrogen-bond donors (Lipinski definition) is 1. The second-order valence-electron chi connectivity index (χ2n) is 6.53. The molecule has 1 aliphatic rings. The number of ether oxygens (including phenoxy) is 1. The van der Waals surface area contributed by atoms with Crippen LogP contribution in [0.1, 0.15) is 48.0 Å². The normalized spacial score (nSPS) is 14.2. The molecule has 1 aliphatic carbocycles. The summed E-state index contributed by atoms with van der Waals surface area (Å²) in [6.07, 6.45) is 5.26. The number of carbonyl (C=O) groups excluding carboxylic acids is 2. The molecule has 130 valence electrons. The summed E-state index contributed by atoms with van der Waals surface area (Å²) in [4.78, 5) is 24.1. The van der Waals surface area contributed by atoms with Gasteiger partial charge in [0.25, 0.3) is 5.91 Å². The zero-order chi connectivity index (χ0) is 17.5. The maximum atomic E-state index is 12.2. The van der Waals surface area contributed by atoms with Gasteiger partial charge >= 0.3 is 5.97 Å². The molecule has 1 amide bonds. The molecule has 0 radical (unpaired) electrons. The van der Waals surface area contributed by atoms with Crippen LogP contribution in [-0.2, 0) is 16.1 Å². The first kappa shape index (κ1) is 17.2. The van der Waals surface area contributed by atoms with E-state index in [-0.39, 0.29) is 18.5 Å². The minimum absolute atomic E-state index is 0.127. The first-order valence-electron chi connectivity index (χ1n) is 8.81. The van der Waals surface area contributed by atoms with Crippen LogP contribution in [-0.4, -0.2) is 11.9 Å². The number of rotatable bonds is 6. The highest BCUT2D eigenvalue weighted by molar-refractivity contribution is 6.04. The van der Waals surface area contributed by atoms with Crippen molar-refractivity contribution in [2.45, 2.75) is 38.7 Å². The number of hydrogen-bond acceptors (Lipinski definition) is 3. The second kappa shape index (κ2) is 8.47. The largest absolute Gasteiger partial charge is 0.461 e. The smallest absolute Gasteiger partial charge is 0.306 e. The fraction of sp³-hybridized carbons (Fsp3) is 0.333. The molecule has 0 aromatic heterocycles. The lowest BCUT2D eigenvalue weighted by molar-refractivity contribution is -0.146. The number of para-hydroxylation sites is 1. The number of carbonyl (C=O) groups is 2. The molecule has 0 spiro atoms. The molecule has 2 aromatic rings. The average molecular weight is 337 g/mol. The Morgan fingerprint density at radius 3 is 2.32 bits per heavy atom. The molecule has 2 aromatic carbocycles. The van der Waals surface area contributed by atoms with E-state index in [0.29, 0.717) is 17.9 Å². The van der Waals surface area contributed by atoms with E-state index in [2.05, 4.69) is 5.32 Å². The highest BCUT2D eigenvalue weighted by Gasteiger charge is 2.19. The molecule has 1 N–H and O–H groups in total. The Morgan fingerprint density at radius 2 is 1.64 bits per heavy atom. The lowest BCUT2D eigenvalue weighted by atomic mass is 10.0. The first-order valence-corrected chi connectivity index (χ1v) is 8.81. The van der Waals surface area contributed by atoms with Crippen LogP contribution in [0.5, 0.6) is 0 Å². The molecule has 1 fully saturated rings. The Balaban J connectivity index is 1.48. The maximum Gasteiger partial charge on any atom is 0.306 e. The molecule has 0 bridgehead atoms. The van der Waals surface area contributed by atoms with Crippen LogP contribution in [0.3, 0.4) is 0 Å². The zero-order valence-electron chi connectivity index (χ0n) is 14.2. The van der Waals surface area contributed by atoms with Crippen molar-refractivity contribution in [3.63, 3.8) is 0 Å². The van der Waals surface area contributed by atoms with Gasteiger partial charge in [0.1, 0.15) is 6.61 Å². The minimum atomic E-state index is -0.157. The van der Waals surface area contributed by atoms with Crippen molar-refractivity contribution in [3.05, 3.63) is 65.7 Å². The van der Waals surface area contributed by atoms with Gasteiger partial charge < -0.3 is 10.1 Å². The summed E-state index contributed by atoms with van der Waals surface area (Å²) < 4.78 is 5.35. The summed E-state index contributed by atoms with van der Waals surface area (Å²) in [5, 5.41) is 2.84. The van der Waals surface area contributed by atoms with Gasteiger partial charge in [-0.3, -0.25) is 9.59 Å². The van der Waals surface area contributed by atoms with Gasteiger partial charge in [-0.2, -0.15) is 0 Å². The van der Waals surface area contributed by atoms with Crippen molar-refractivity contribution < 1.29 is 14.3 Å². The third-order valence-electron chi connectivity index (χ3n) is 4.58. The van der Waals surface area contributed by atoms with E-state index in [9.17, 15) is 9.59 Å². The van der Waals surface area contributed by atoms with Gasteiger partial charge in [0.15, 0.2) is 0 Å². The Morgan fingerprint density at radius 1 is 0.960 bits per heavy atom. The monoisotopic (exact) mass is 337 g/mol. The third-order valence-corrected chi connectivity index (χ3v) is 4.58. The topological polar surface area (TPSA) is 55.4 Å². The van der Waals surface area contributed by atoms with E-state index in [0.717, 1.165) is 24.1 Å². The molecular formula is C21H23NO3. The van der Waals surface area contributed by atoms with Crippen LogP contribution in [0.15, 0.2) is 54.6 Å². The van der Waals surface area contributed by atoms with Crippen molar-refractivity contribution in [1.29, 1.82) is 0 Å². The maximum absolute atomic E-state index is 12.2. The molecule has 25 heavy (non-hydrogen) atoms. The van der Waals surface area contributed by atoms with Gasteiger partial charge in [-0.15, -0.1) is 0 Å². The second-order valence-corrected chi connectivity index (χ2v) is 6.53. The summed E-state index contributed by atoms with van der Waals surface area (Å²) in [7, 11) is 0. The Bertz CT molecular complexity index is 704. The molecule has 1 saturated carbocycles. The first-order chi connectivity index (χ1) is 12.2. The minimum Gasteiger partial charge on any atom is -0.461 e.